The van der Waals surface area contributed by atoms with Crippen LogP contribution in [0.5, 0.6) is 0 Å². The van der Waals surface area contributed by atoms with E-state index < -0.39 is 0 Å². The molecule has 1 nitrogen and oxygen atoms in total. The standard InChI is InChI=1S/C13H16O/c1-3-5-6-7-8-9-10-12-13(14)11-4-2/h3,5,10,12-14H,4,11H2,1-2H3/t13-/m1/s1. The molecule has 0 unspecified atom stereocenters. The van der Waals surface area contributed by atoms with Crippen molar-refractivity contribution in [3.8, 4) is 23.7 Å². The van der Waals surface area contributed by atoms with E-state index in [0.29, 0.717) is 0 Å². The lowest BCUT2D eigenvalue weighted by Gasteiger charge is -1.98. The van der Waals surface area contributed by atoms with Gasteiger partial charge in [-0.05, 0) is 43.4 Å². The number of aliphatic hydroxyl groups excluding tert-OH is 1. The largest absolute Gasteiger partial charge is 0.389 e. The van der Waals surface area contributed by atoms with Crippen LogP contribution in [-0.4, -0.2) is 11.2 Å². The smallest absolute Gasteiger partial charge is 0.0730 e. The lowest BCUT2D eigenvalue weighted by Crippen LogP contribution is -1.99. The summed E-state index contributed by atoms with van der Waals surface area (Å²) in [5.74, 6) is 10.8. The minimum absolute atomic E-state index is 0.377. The van der Waals surface area contributed by atoms with E-state index in [1.54, 1.807) is 18.2 Å². The number of hydrogen-bond donors (Lipinski definition) is 1. The van der Waals surface area contributed by atoms with Crippen LogP contribution < -0.4 is 0 Å². The highest BCUT2D eigenvalue weighted by Gasteiger charge is 1.93. The first-order valence-corrected chi connectivity index (χ1v) is 4.78. The summed E-state index contributed by atoms with van der Waals surface area (Å²) in [6.07, 6.45) is 8.30. The fraction of sp³-hybridized carbons (Fsp3) is 0.385. The van der Waals surface area contributed by atoms with Gasteiger partial charge in [0.15, 0.2) is 0 Å². The summed E-state index contributed by atoms with van der Waals surface area (Å²) in [7, 11) is 0. The molecule has 0 aliphatic carbocycles. The Morgan fingerprint density at radius 3 is 2.43 bits per heavy atom. The SMILES string of the molecule is CC=CC#CC#CC=C[C@H](O)CCC. The van der Waals surface area contributed by atoms with Crippen molar-refractivity contribution in [2.24, 2.45) is 0 Å². The summed E-state index contributed by atoms with van der Waals surface area (Å²) < 4.78 is 0. The average Bonchev–Trinajstić information content (AvgIpc) is 2.17. The van der Waals surface area contributed by atoms with Crippen molar-refractivity contribution in [3.05, 3.63) is 24.3 Å². The molecule has 1 atom stereocenters. The van der Waals surface area contributed by atoms with E-state index in [4.69, 9.17) is 0 Å². The molecule has 0 saturated heterocycles. The molecule has 0 bridgehead atoms. The molecule has 0 aromatic heterocycles. The van der Waals surface area contributed by atoms with Crippen molar-refractivity contribution in [3.63, 3.8) is 0 Å². The zero-order valence-electron chi connectivity index (χ0n) is 8.75. The first kappa shape index (κ1) is 12.6. The van der Waals surface area contributed by atoms with Crippen LogP contribution in [0.4, 0.5) is 0 Å². The van der Waals surface area contributed by atoms with Gasteiger partial charge in [0.25, 0.3) is 0 Å². The van der Waals surface area contributed by atoms with E-state index >= 15 is 0 Å². The van der Waals surface area contributed by atoms with Gasteiger partial charge in [-0.3, -0.25) is 0 Å². The molecule has 0 aromatic rings. The van der Waals surface area contributed by atoms with E-state index in [2.05, 4.69) is 23.7 Å². The van der Waals surface area contributed by atoms with Crippen LogP contribution in [0.15, 0.2) is 24.3 Å². The van der Waals surface area contributed by atoms with Crippen LogP contribution in [0.25, 0.3) is 0 Å². The van der Waals surface area contributed by atoms with Crippen molar-refractivity contribution >= 4 is 0 Å². The van der Waals surface area contributed by atoms with Crippen LogP contribution in [0.3, 0.4) is 0 Å². The number of allylic oxidation sites excluding steroid dienone is 3. The van der Waals surface area contributed by atoms with Gasteiger partial charge in [0, 0.05) is 0 Å². The van der Waals surface area contributed by atoms with Crippen LogP contribution in [0.1, 0.15) is 26.7 Å². The Balaban J connectivity index is 3.87. The minimum Gasteiger partial charge on any atom is -0.389 e. The number of aliphatic hydroxyl groups is 1. The van der Waals surface area contributed by atoms with Gasteiger partial charge >= 0.3 is 0 Å². The van der Waals surface area contributed by atoms with E-state index in [0.717, 1.165) is 12.8 Å². The Bertz CT molecular complexity index is 302. The monoisotopic (exact) mass is 188 g/mol. The Kier molecular flexibility index (Phi) is 8.65. The first-order chi connectivity index (χ1) is 6.81. The number of rotatable bonds is 3. The van der Waals surface area contributed by atoms with Crippen molar-refractivity contribution in [1.29, 1.82) is 0 Å². The number of hydrogen-bond acceptors (Lipinski definition) is 1. The normalized spacial score (nSPS) is 11.9. The van der Waals surface area contributed by atoms with Crippen molar-refractivity contribution in [2.75, 3.05) is 0 Å². The molecule has 0 amide bonds. The maximum atomic E-state index is 9.29. The summed E-state index contributed by atoms with van der Waals surface area (Å²) >= 11 is 0. The second kappa shape index (κ2) is 9.65. The molecule has 74 valence electrons. The first-order valence-electron chi connectivity index (χ1n) is 4.78. The minimum atomic E-state index is -0.377. The molecule has 1 N–H and O–H groups in total. The van der Waals surface area contributed by atoms with Crippen molar-refractivity contribution < 1.29 is 5.11 Å². The zero-order chi connectivity index (χ0) is 10.6. The molecule has 0 aromatic carbocycles. The van der Waals surface area contributed by atoms with Crippen molar-refractivity contribution in [2.45, 2.75) is 32.8 Å². The molecule has 0 aliphatic rings. The fourth-order valence-electron chi connectivity index (χ4n) is 0.790. The summed E-state index contributed by atoms with van der Waals surface area (Å²) in [6, 6.07) is 0. The van der Waals surface area contributed by atoms with Crippen LogP contribution >= 0.6 is 0 Å². The Hall–Kier alpha value is -1.44. The lowest BCUT2D eigenvalue weighted by molar-refractivity contribution is 0.211. The average molecular weight is 188 g/mol. The maximum absolute atomic E-state index is 9.29. The summed E-state index contributed by atoms with van der Waals surface area (Å²) in [6.45, 7) is 3.94. The Labute approximate surface area is 86.5 Å². The second-order valence-electron chi connectivity index (χ2n) is 2.75. The van der Waals surface area contributed by atoms with Gasteiger partial charge in [0.2, 0.25) is 0 Å². The van der Waals surface area contributed by atoms with Gasteiger partial charge in [-0.1, -0.05) is 31.3 Å². The molecule has 0 saturated carbocycles. The van der Waals surface area contributed by atoms with Crippen LogP contribution in [-0.2, 0) is 0 Å². The van der Waals surface area contributed by atoms with E-state index in [1.165, 1.54) is 0 Å². The van der Waals surface area contributed by atoms with E-state index in [-0.39, 0.29) is 6.10 Å². The fourth-order valence-corrected chi connectivity index (χ4v) is 0.790. The zero-order valence-corrected chi connectivity index (χ0v) is 8.75. The van der Waals surface area contributed by atoms with Crippen molar-refractivity contribution in [1.82, 2.24) is 0 Å². The van der Waals surface area contributed by atoms with Gasteiger partial charge in [-0.15, -0.1) is 0 Å². The second-order valence-corrected chi connectivity index (χ2v) is 2.75. The third kappa shape index (κ3) is 8.65. The third-order valence-electron chi connectivity index (χ3n) is 1.44. The molecule has 0 spiro atoms. The summed E-state index contributed by atoms with van der Waals surface area (Å²) in [5, 5.41) is 9.29. The molecule has 1 heteroatoms. The van der Waals surface area contributed by atoms with Gasteiger partial charge in [0.1, 0.15) is 0 Å². The van der Waals surface area contributed by atoms with Crippen LogP contribution in [0, 0.1) is 23.7 Å². The molecular weight excluding hydrogens is 172 g/mol. The van der Waals surface area contributed by atoms with E-state index in [9.17, 15) is 5.11 Å². The topological polar surface area (TPSA) is 20.2 Å². The molecular formula is C13H16O. The van der Waals surface area contributed by atoms with Gasteiger partial charge in [-0.2, -0.15) is 0 Å². The molecule has 0 aliphatic heterocycles. The molecule has 14 heavy (non-hydrogen) atoms. The van der Waals surface area contributed by atoms with Gasteiger partial charge in [0.05, 0.1) is 6.10 Å². The Morgan fingerprint density at radius 2 is 1.86 bits per heavy atom. The predicted octanol–water partition coefficient (Wildman–Crippen LogP) is 2.29. The van der Waals surface area contributed by atoms with Gasteiger partial charge in [-0.25, -0.2) is 0 Å². The van der Waals surface area contributed by atoms with E-state index in [1.807, 2.05) is 19.9 Å². The molecule has 0 rings (SSSR count). The predicted molar refractivity (Wildman–Crippen MR) is 60.4 cm³/mol. The highest BCUT2D eigenvalue weighted by atomic mass is 16.3. The molecule has 0 fully saturated rings. The van der Waals surface area contributed by atoms with Crippen LogP contribution in [0.2, 0.25) is 0 Å². The molecule has 0 heterocycles. The third-order valence-corrected chi connectivity index (χ3v) is 1.44. The lowest BCUT2D eigenvalue weighted by atomic mass is 10.2. The maximum Gasteiger partial charge on any atom is 0.0730 e. The highest BCUT2D eigenvalue weighted by molar-refractivity contribution is 5.33. The summed E-state index contributed by atoms with van der Waals surface area (Å²) in [4.78, 5) is 0. The highest BCUT2D eigenvalue weighted by Crippen LogP contribution is 1.96. The van der Waals surface area contributed by atoms with Gasteiger partial charge < -0.3 is 5.11 Å². The Morgan fingerprint density at radius 1 is 1.21 bits per heavy atom. The molecule has 0 radical (unpaired) electrons. The quantitative estimate of drug-likeness (QED) is 0.674. The summed E-state index contributed by atoms with van der Waals surface area (Å²) in [5.41, 5.74) is 0.